The van der Waals surface area contributed by atoms with Crippen LogP contribution in [0.25, 0.3) is 6.08 Å². The standard InChI is InChI=1S/C22H28N2O3/c1-22(2,3)17-8-5-16(6-9-17)7-12-21(25)24-18-10-11-19(27-14-13-23)20(15-18)26-4/h5-12,15H,13-14,23H2,1-4H3,(H,24,25)/b12-7+. The summed E-state index contributed by atoms with van der Waals surface area (Å²) in [7, 11) is 1.55. The molecule has 0 atom stereocenters. The Kier molecular flexibility index (Phi) is 7.02. The van der Waals surface area contributed by atoms with Crippen LogP contribution in [0.2, 0.25) is 0 Å². The quantitative estimate of drug-likeness (QED) is 0.725. The Bertz CT molecular complexity index is 790. The number of anilines is 1. The van der Waals surface area contributed by atoms with E-state index >= 15 is 0 Å². The van der Waals surface area contributed by atoms with Crippen molar-refractivity contribution in [3.05, 3.63) is 59.7 Å². The number of carbonyl (C=O) groups is 1. The molecule has 0 unspecified atom stereocenters. The monoisotopic (exact) mass is 368 g/mol. The molecule has 2 aromatic rings. The molecule has 0 bridgehead atoms. The minimum Gasteiger partial charge on any atom is -0.493 e. The van der Waals surface area contributed by atoms with Gasteiger partial charge in [-0.15, -0.1) is 0 Å². The van der Waals surface area contributed by atoms with Gasteiger partial charge in [-0.05, 0) is 34.8 Å². The van der Waals surface area contributed by atoms with Crippen LogP contribution in [0.1, 0.15) is 31.9 Å². The van der Waals surface area contributed by atoms with Gasteiger partial charge in [0.15, 0.2) is 11.5 Å². The predicted molar refractivity (Wildman–Crippen MR) is 110 cm³/mol. The zero-order valence-electron chi connectivity index (χ0n) is 16.4. The number of nitrogens with two attached hydrogens (primary N) is 1. The lowest BCUT2D eigenvalue weighted by molar-refractivity contribution is -0.111. The highest BCUT2D eigenvalue weighted by molar-refractivity contribution is 6.02. The van der Waals surface area contributed by atoms with E-state index in [1.54, 1.807) is 31.4 Å². The third-order valence-corrected chi connectivity index (χ3v) is 4.01. The molecule has 2 aromatic carbocycles. The van der Waals surface area contributed by atoms with E-state index in [0.29, 0.717) is 30.3 Å². The number of benzene rings is 2. The molecule has 0 spiro atoms. The first kappa shape index (κ1) is 20.5. The summed E-state index contributed by atoms with van der Waals surface area (Å²) in [6.45, 7) is 7.34. The number of methoxy groups -OCH3 is 1. The Labute approximate surface area is 161 Å². The third-order valence-electron chi connectivity index (χ3n) is 4.01. The molecule has 0 aliphatic rings. The van der Waals surface area contributed by atoms with Crippen molar-refractivity contribution in [1.82, 2.24) is 0 Å². The van der Waals surface area contributed by atoms with E-state index in [1.165, 1.54) is 11.6 Å². The van der Waals surface area contributed by atoms with Crippen LogP contribution < -0.4 is 20.5 Å². The Morgan fingerprint density at radius 2 is 1.81 bits per heavy atom. The second-order valence-electron chi connectivity index (χ2n) is 7.20. The molecule has 0 saturated heterocycles. The molecule has 0 aliphatic carbocycles. The zero-order valence-corrected chi connectivity index (χ0v) is 16.4. The van der Waals surface area contributed by atoms with Crippen molar-refractivity contribution in [3.63, 3.8) is 0 Å². The van der Waals surface area contributed by atoms with Crippen LogP contribution in [-0.2, 0) is 10.2 Å². The van der Waals surface area contributed by atoms with Crippen LogP contribution in [-0.4, -0.2) is 26.2 Å². The molecule has 0 saturated carbocycles. The van der Waals surface area contributed by atoms with Gasteiger partial charge in [-0.3, -0.25) is 4.79 Å². The molecule has 5 nitrogen and oxygen atoms in total. The number of ether oxygens (including phenoxy) is 2. The van der Waals surface area contributed by atoms with Crippen molar-refractivity contribution in [3.8, 4) is 11.5 Å². The predicted octanol–water partition coefficient (Wildman–Crippen LogP) is 3.98. The van der Waals surface area contributed by atoms with Gasteiger partial charge in [0.25, 0.3) is 0 Å². The number of rotatable bonds is 7. The van der Waals surface area contributed by atoms with Crippen molar-refractivity contribution in [2.75, 3.05) is 25.6 Å². The zero-order chi connectivity index (χ0) is 19.9. The highest BCUT2D eigenvalue weighted by Crippen LogP contribution is 2.30. The van der Waals surface area contributed by atoms with Crippen molar-refractivity contribution in [1.29, 1.82) is 0 Å². The average Bonchev–Trinajstić information content (AvgIpc) is 2.64. The maximum atomic E-state index is 12.2. The second-order valence-corrected chi connectivity index (χ2v) is 7.20. The van der Waals surface area contributed by atoms with Gasteiger partial charge in [0.05, 0.1) is 7.11 Å². The van der Waals surface area contributed by atoms with Gasteiger partial charge in [-0.2, -0.15) is 0 Å². The number of nitrogens with one attached hydrogen (secondary N) is 1. The molecule has 0 heterocycles. The highest BCUT2D eigenvalue weighted by atomic mass is 16.5. The number of amides is 1. The van der Waals surface area contributed by atoms with Gasteiger partial charge in [0.1, 0.15) is 6.61 Å². The average molecular weight is 368 g/mol. The molecule has 5 heteroatoms. The van der Waals surface area contributed by atoms with E-state index in [1.807, 2.05) is 12.1 Å². The van der Waals surface area contributed by atoms with E-state index in [0.717, 1.165) is 5.56 Å². The highest BCUT2D eigenvalue weighted by Gasteiger charge is 2.12. The minimum atomic E-state index is -0.215. The van der Waals surface area contributed by atoms with Crippen LogP contribution in [0.3, 0.4) is 0 Å². The van der Waals surface area contributed by atoms with E-state index in [-0.39, 0.29) is 11.3 Å². The number of carbonyl (C=O) groups excluding carboxylic acids is 1. The lowest BCUT2D eigenvalue weighted by Crippen LogP contribution is -2.11. The van der Waals surface area contributed by atoms with Gasteiger partial charge < -0.3 is 20.5 Å². The van der Waals surface area contributed by atoms with Crippen molar-refractivity contribution in [2.45, 2.75) is 26.2 Å². The van der Waals surface area contributed by atoms with Crippen LogP contribution in [0.15, 0.2) is 48.5 Å². The maximum Gasteiger partial charge on any atom is 0.248 e. The first-order chi connectivity index (χ1) is 12.8. The third kappa shape index (κ3) is 6.15. The summed E-state index contributed by atoms with van der Waals surface area (Å²) in [6.07, 6.45) is 3.30. The fraction of sp³-hybridized carbons (Fsp3) is 0.318. The van der Waals surface area contributed by atoms with Crippen LogP contribution >= 0.6 is 0 Å². The van der Waals surface area contributed by atoms with Crippen molar-refractivity contribution in [2.24, 2.45) is 5.73 Å². The fourth-order valence-corrected chi connectivity index (χ4v) is 2.48. The molecule has 0 fully saturated rings. The Hall–Kier alpha value is -2.79. The minimum absolute atomic E-state index is 0.110. The van der Waals surface area contributed by atoms with Gasteiger partial charge in [-0.25, -0.2) is 0 Å². The van der Waals surface area contributed by atoms with Crippen LogP contribution in [0.5, 0.6) is 11.5 Å². The molecule has 27 heavy (non-hydrogen) atoms. The molecule has 3 N–H and O–H groups in total. The normalized spacial score (nSPS) is 11.4. The molecular formula is C22H28N2O3. The topological polar surface area (TPSA) is 73.6 Å². The summed E-state index contributed by atoms with van der Waals surface area (Å²) >= 11 is 0. The van der Waals surface area contributed by atoms with E-state index < -0.39 is 0 Å². The second kappa shape index (κ2) is 9.24. The molecule has 2 rings (SSSR count). The number of hydrogen-bond acceptors (Lipinski definition) is 4. The van der Waals surface area contributed by atoms with Gasteiger partial charge in [0, 0.05) is 24.4 Å². The van der Waals surface area contributed by atoms with Crippen LogP contribution in [0, 0.1) is 0 Å². The summed E-state index contributed by atoms with van der Waals surface area (Å²) in [5, 5.41) is 2.82. The Morgan fingerprint density at radius 1 is 1.11 bits per heavy atom. The first-order valence-electron chi connectivity index (χ1n) is 8.94. The SMILES string of the molecule is COc1cc(NC(=O)/C=C/c2ccc(C(C)(C)C)cc2)ccc1OCCN. The molecular weight excluding hydrogens is 340 g/mol. The van der Waals surface area contributed by atoms with Crippen molar-refractivity contribution >= 4 is 17.7 Å². The smallest absolute Gasteiger partial charge is 0.248 e. The van der Waals surface area contributed by atoms with Gasteiger partial charge >= 0.3 is 0 Å². The summed E-state index contributed by atoms with van der Waals surface area (Å²) in [4.78, 5) is 12.2. The summed E-state index contributed by atoms with van der Waals surface area (Å²) in [5.74, 6) is 0.922. The maximum absolute atomic E-state index is 12.2. The van der Waals surface area contributed by atoms with E-state index in [2.05, 4.69) is 38.2 Å². The van der Waals surface area contributed by atoms with E-state index in [4.69, 9.17) is 15.2 Å². The Balaban J connectivity index is 2.01. The Morgan fingerprint density at radius 3 is 2.41 bits per heavy atom. The molecule has 144 valence electrons. The fourth-order valence-electron chi connectivity index (χ4n) is 2.48. The summed E-state index contributed by atoms with van der Waals surface area (Å²) < 4.78 is 10.8. The molecule has 0 radical (unpaired) electrons. The van der Waals surface area contributed by atoms with Gasteiger partial charge in [0.2, 0.25) is 5.91 Å². The van der Waals surface area contributed by atoms with Gasteiger partial charge in [-0.1, -0.05) is 45.0 Å². The molecule has 1 amide bonds. The first-order valence-corrected chi connectivity index (χ1v) is 8.94. The van der Waals surface area contributed by atoms with Crippen molar-refractivity contribution < 1.29 is 14.3 Å². The summed E-state index contributed by atoms with van der Waals surface area (Å²) in [6, 6.07) is 13.4. The molecule has 0 aromatic heterocycles. The summed E-state index contributed by atoms with van der Waals surface area (Å²) in [5.41, 5.74) is 8.41. The molecule has 0 aliphatic heterocycles. The lowest BCUT2D eigenvalue weighted by Gasteiger charge is -2.18. The van der Waals surface area contributed by atoms with E-state index in [9.17, 15) is 4.79 Å². The lowest BCUT2D eigenvalue weighted by atomic mass is 9.87. The largest absolute Gasteiger partial charge is 0.493 e. The van der Waals surface area contributed by atoms with Crippen LogP contribution in [0.4, 0.5) is 5.69 Å². The number of hydrogen-bond donors (Lipinski definition) is 2.